The van der Waals surface area contributed by atoms with Crippen molar-refractivity contribution in [3.05, 3.63) is 33.8 Å². The minimum atomic E-state index is -0.546. The predicted octanol–water partition coefficient (Wildman–Crippen LogP) is 2.28. The molecule has 2 amide bonds. The minimum Gasteiger partial charge on any atom is -0.340 e. The van der Waals surface area contributed by atoms with Crippen LogP contribution >= 0.6 is 35.0 Å². The maximum atomic E-state index is 12.7. The third-order valence-electron chi connectivity index (χ3n) is 3.82. The van der Waals surface area contributed by atoms with E-state index in [4.69, 9.17) is 23.2 Å². The zero-order chi connectivity index (χ0) is 17.5. The highest BCUT2D eigenvalue weighted by molar-refractivity contribution is 7.98. The molecule has 132 valence electrons. The molecule has 1 unspecified atom stereocenters. The SMILES string of the molecule is CSCCC(NC(=O)c1ccc(Cl)cc1Cl)C(=O)N1CCNCC1. The van der Waals surface area contributed by atoms with Crippen LogP contribution in [0, 0.1) is 0 Å². The number of thioether (sulfide) groups is 1. The molecule has 2 rings (SSSR count). The minimum absolute atomic E-state index is 0.0380. The molecular formula is C16H21Cl2N3O2S. The van der Waals surface area contributed by atoms with Gasteiger partial charge < -0.3 is 15.5 Å². The van der Waals surface area contributed by atoms with Crippen LogP contribution in [0.15, 0.2) is 18.2 Å². The largest absolute Gasteiger partial charge is 0.340 e. The van der Waals surface area contributed by atoms with Crippen molar-refractivity contribution in [1.29, 1.82) is 0 Å². The van der Waals surface area contributed by atoms with Crippen molar-refractivity contribution >= 4 is 46.8 Å². The van der Waals surface area contributed by atoms with Gasteiger partial charge in [-0.05, 0) is 36.6 Å². The fourth-order valence-electron chi connectivity index (χ4n) is 2.51. The molecule has 1 aliphatic rings. The van der Waals surface area contributed by atoms with E-state index in [2.05, 4.69) is 10.6 Å². The zero-order valence-corrected chi connectivity index (χ0v) is 15.8. The summed E-state index contributed by atoms with van der Waals surface area (Å²) in [5.74, 6) is 0.396. The highest BCUT2D eigenvalue weighted by Crippen LogP contribution is 2.21. The number of carbonyl (C=O) groups excluding carboxylic acids is 2. The van der Waals surface area contributed by atoms with Crippen LogP contribution in [0.4, 0.5) is 0 Å². The molecule has 0 aromatic heterocycles. The Labute approximate surface area is 156 Å². The molecule has 0 saturated carbocycles. The van der Waals surface area contributed by atoms with Crippen molar-refractivity contribution < 1.29 is 9.59 Å². The maximum Gasteiger partial charge on any atom is 0.253 e. The van der Waals surface area contributed by atoms with Gasteiger partial charge in [0.1, 0.15) is 6.04 Å². The standard InChI is InChI=1S/C16H21Cl2N3O2S/c1-24-9-4-14(16(23)21-7-5-19-6-8-21)20-15(22)12-3-2-11(17)10-13(12)18/h2-3,10,14,19H,4-9H2,1H3,(H,20,22). The number of piperazine rings is 1. The van der Waals surface area contributed by atoms with E-state index in [-0.39, 0.29) is 16.8 Å². The molecule has 8 heteroatoms. The molecule has 5 nitrogen and oxygen atoms in total. The third kappa shape index (κ3) is 5.28. The quantitative estimate of drug-likeness (QED) is 0.783. The maximum absolute atomic E-state index is 12.7. The first kappa shape index (κ1) is 19.4. The zero-order valence-electron chi connectivity index (χ0n) is 13.5. The molecule has 1 aliphatic heterocycles. The van der Waals surface area contributed by atoms with Crippen LogP contribution in [-0.2, 0) is 4.79 Å². The number of rotatable bonds is 6. The van der Waals surface area contributed by atoms with Crippen LogP contribution in [0.25, 0.3) is 0 Å². The number of nitrogens with zero attached hydrogens (tertiary/aromatic N) is 1. The van der Waals surface area contributed by atoms with Crippen LogP contribution in [0.1, 0.15) is 16.8 Å². The van der Waals surface area contributed by atoms with E-state index in [1.54, 1.807) is 28.8 Å². The van der Waals surface area contributed by atoms with Gasteiger partial charge in [-0.15, -0.1) is 0 Å². The molecule has 2 N–H and O–H groups in total. The molecule has 0 radical (unpaired) electrons. The summed E-state index contributed by atoms with van der Waals surface area (Å²) in [6.45, 7) is 2.87. The van der Waals surface area contributed by atoms with Gasteiger partial charge in [0.25, 0.3) is 5.91 Å². The van der Waals surface area contributed by atoms with E-state index in [1.165, 1.54) is 6.07 Å². The summed E-state index contributed by atoms with van der Waals surface area (Å²) in [5, 5.41) is 6.79. The molecule has 1 fully saturated rings. The summed E-state index contributed by atoms with van der Waals surface area (Å²) in [6.07, 6.45) is 2.56. The Morgan fingerprint density at radius 1 is 1.33 bits per heavy atom. The summed E-state index contributed by atoms with van der Waals surface area (Å²) in [5.41, 5.74) is 0.323. The predicted molar refractivity (Wildman–Crippen MR) is 100 cm³/mol. The highest BCUT2D eigenvalue weighted by atomic mass is 35.5. The van der Waals surface area contributed by atoms with Crippen LogP contribution < -0.4 is 10.6 Å². The Balaban J connectivity index is 2.09. The summed E-state index contributed by atoms with van der Waals surface area (Å²) in [4.78, 5) is 27.0. The second kappa shape index (κ2) is 9.51. The summed E-state index contributed by atoms with van der Waals surface area (Å²) in [7, 11) is 0. The number of halogens is 2. The molecule has 1 atom stereocenters. The number of nitrogens with one attached hydrogen (secondary N) is 2. The molecule has 1 saturated heterocycles. The average Bonchev–Trinajstić information content (AvgIpc) is 2.58. The van der Waals surface area contributed by atoms with Crippen LogP contribution in [0.5, 0.6) is 0 Å². The lowest BCUT2D eigenvalue weighted by Gasteiger charge is -2.31. The van der Waals surface area contributed by atoms with E-state index in [1.807, 2.05) is 6.26 Å². The Hall–Kier alpha value is -0.950. The van der Waals surface area contributed by atoms with E-state index < -0.39 is 6.04 Å². The van der Waals surface area contributed by atoms with Crippen molar-refractivity contribution in [2.75, 3.05) is 38.2 Å². The molecule has 1 heterocycles. The average molecular weight is 390 g/mol. The van der Waals surface area contributed by atoms with Crippen molar-refractivity contribution in [3.63, 3.8) is 0 Å². The van der Waals surface area contributed by atoms with Gasteiger partial charge in [0.2, 0.25) is 5.91 Å². The molecule has 0 aliphatic carbocycles. The number of benzene rings is 1. The number of amides is 2. The third-order valence-corrected chi connectivity index (χ3v) is 5.01. The number of carbonyl (C=O) groups is 2. The molecule has 1 aromatic rings. The van der Waals surface area contributed by atoms with E-state index in [9.17, 15) is 9.59 Å². The number of hydrogen-bond donors (Lipinski definition) is 2. The summed E-state index contributed by atoms with van der Waals surface area (Å²) in [6, 6.07) is 4.15. The van der Waals surface area contributed by atoms with Crippen molar-refractivity contribution in [3.8, 4) is 0 Å². The first-order valence-electron chi connectivity index (χ1n) is 7.77. The lowest BCUT2D eigenvalue weighted by atomic mass is 10.1. The van der Waals surface area contributed by atoms with Crippen molar-refractivity contribution in [2.45, 2.75) is 12.5 Å². The summed E-state index contributed by atoms with van der Waals surface area (Å²) < 4.78 is 0. The Morgan fingerprint density at radius 2 is 2.04 bits per heavy atom. The lowest BCUT2D eigenvalue weighted by Crippen LogP contribution is -2.54. The van der Waals surface area contributed by atoms with Gasteiger partial charge in [-0.2, -0.15) is 11.8 Å². The van der Waals surface area contributed by atoms with Gasteiger partial charge in [-0.3, -0.25) is 9.59 Å². The Kier molecular flexibility index (Phi) is 7.68. The van der Waals surface area contributed by atoms with Crippen molar-refractivity contribution in [2.24, 2.45) is 0 Å². The van der Waals surface area contributed by atoms with Gasteiger partial charge in [0, 0.05) is 31.2 Å². The van der Waals surface area contributed by atoms with Crippen molar-refractivity contribution in [1.82, 2.24) is 15.5 Å². The van der Waals surface area contributed by atoms with Gasteiger partial charge in [0.15, 0.2) is 0 Å². The Morgan fingerprint density at radius 3 is 2.67 bits per heavy atom. The summed E-state index contributed by atoms with van der Waals surface area (Å²) >= 11 is 13.6. The normalized spacial score (nSPS) is 15.9. The second-order valence-corrected chi connectivity index (χ2v) is 7.34. The van der Waals surface area contributed by atoms with Gasteiger partial charge in [0.05, 0.1) is 10.6 Å². The van der Waals surface area contributed by atoms with E-state index in [0.29, 0.717) is 30.1 Å². The lowest BCUT2D eigenvalue weighted by molar-refractivity contribution is -0.133. The second-order valence-electron chi connectivity index (χ2n) is 5.51. The monoisotopic (exact) mass is 389 g/mol. The molecule has 0 spiro atoms. The molecule has 24 heavy (non-hydrogen) atoms. The van der Waals surface area contributed by atoms with Crippen LogP contribution in [-0.4, -0.2) is 60.9 Å². The van der Waals surface area contributed by atoms with Gasteiger partial charge >= 0.3 is 0 Å². The molecule has 1 aromatic carbocycles. The first-order chi connectivity index (χ1) is 11.5. The highest BCUT2D eigenvalue weighted by Gasteiger charge is 2.27. The van der Waals surface area contributed by atoms with Crippen LogP contribution in [0.2, 0.25) is 10.0 Å². The number of hydrogen-bond acceptors (Lipinski definition) is 4. The molecular weight excluding hydrogens is 369 g/mol. The Bertz CT molecular complexity index is 595. The fourth-order valence-corrected chi connectivity index (χ4v) is 3.47. The van der Waals surface area contributed by atoms with Crippen LogP contribution in [0.3, 0.4) is 0 Å². The topological polar surface area (TPSA) is 61.4 Å². The van der Waals surface area contributed by atoms with Gasteiger partial charge in [-0.1, -0.05) is 23.2 Å². The first-order valence-corrected chi connectivity index (χ1v) is 9.92. The molecule has 0 bridgehead atoms. The smallest absolute Gasteiger partial charge is 0.253 e. The fraction of sp³-hybridized carbons (Fsp3) is 0.500. The van der Waals surface area contributed by atoms with E-state index in [0.717, 1.165) is 18.8 Å². The van der Waals surface area contributed by atoms with Gasteiger partial charge in [-0.25, -0.2) is 0 Å². The van der Waals surface area contributed by atoms with E-state index >= 15 is 0 Å².